The Morgan fingerprint density at radius 1 is 1.35 bits per heavy atom. The first-order chi connectivity index (χ1) is 8.11. The fourth-order valence-electron chi connectivity index (χ4n) is 1.12. The molecule has 88 valence electrons. The molecule has 1 aromatic carbocycles. The first-order valence-electron chi connectivity index (χ1n) is 5.00. The molecule has 0 fully saturated rings. The lowest BCUT2D eigenvalue weighted by atomic mass is 10.2. The molecule has 0 bridgehead atoms. The molecule has 0 amide bonds. The molecule has 0 aliphatic heterocycles. The number of hydrogen-bond acceptors (Lipinski definition) is 1. The molecule has 0 radical (unpaired) electrons. The Bertz CT molecular complexity index is 461. The van der Waals surface area contributed by atoms with E-state index in [0.29, 0.717) is 5.57 Å². The first-order valence-corrected chi connectivity index (χ1v) is 5.00. The predicted octanol–water partition coefficient (Wildman–Crippen LogP) is 3.77. The van der Waals surface area contributed by atoms with Gasteiger partial charge in [-0.15, -0.1) is 0 Å². The third-order valence-corrected chi connectivity index (χ3v) is 1.81. The van der Waals surface area contributed by atoms with Crippen LogP contribution in [0.2, 0.25) is 0 Å². The number of alkyl halides is 2. The van der Waals surface area contributed by atoms with Crippen LogP contribution in [-0.2, 0) is 0 Å². The monoisotopic (exact) mass is 234 g/mol. The van der Waals surface area contributed by atoms with Crippen molar-refractivity contribution < 1.29 is 13.5 Å². The topological polar surface area (TPSA) is 9.23 Å². The lowest BCUT2D eigenvalue weighted by Crippen LogP contribution is -2.01. The molecule has 0 aliphatic rings. The quantitative estimate of drug-likeness (QED) is 0.571. The van der Waals surface area contributed by atoms with Gasteiger partial charge < -0.3 is 4.74 Å². The van der Waals surface area contributed by atoms with Gasteiger partial charge in [-0.2, -0.15) is 8.78 Å². The summed E-state index contributed by atoms with van der Waals surface area (Å²) in [6.07, 6.45) is 3.64. The Kier molecular flexibility index (Phi) is 4.96. The molecule has 17 heavy (non-hydrogen) atoms. The zero-order valence-corrected chi connectivity index (χ0v) is 9.41. The standard InChI is InChI=1S/C14H12F2O/c1-3-4-11(2)5-6-12-7-9-13(10-8-12)17-14(15)16/h3-4,7-10,14H,2H2,1H3/b4-3-. The lowest BCUT2D eigenvalue weighted by Gasteiger charge is -2.02. The molecule has 0 spiro atoms. The average molecular weight is 234 g/mol. The molecule has 3 heteroatoms. The third-order valence-electron chi connectivity index (χ3n) is 1.81. The van der Waals surface area contributed by atoms with E-state index in [4.69, 9.17) is 0 Å². The lowest BCUT2D eigenvalue weighted by molar-refractivity contribution is -0.0498. The number of rotatable bonds is 3. The van der Waals surface area contributed by atoms with Crippen LogP contribution in [0.4, 0.5) is 8.78 Å². The number of halogens is 2. The number of allylic oxidation sites excluding steroid dienone is 3. The molecule has 0 saturated carbocycles. The van der Waals surface area contributed by atoms with Crippen molar-refractivity contribution in [3.05, 3.63) is 54.1 Å². The van der Waals surface area contributed by atoms with Crippen LogP contribution in [0.15, 0.2) is 48.6 Å². The maximum Gasteiger partial charge on any atom is 0.387 e. The first kappa shape index (κ1) is 13.0. The smallest absolute Gasteiger partial charge is 0.387 e. The minimum atomic E-state index is -2.80. The van der Waals surface area contributed by atoms with Crippen LogP contribution in [0, 0.1) is 11.8 Å². The highest BCUT2D eigenvalue weighted by Crippen LogP contribution is 2.14. The zero-order chi connectivity index (χ0) is 12.7. The Hall–Kier alpha value is -2.08. The minimum absolute atomic E-state index is 0.123. The molecule has 0 saturated heterocycles. The van der Waals surface area contributed by atoms with Crippen LogP contribution in [-0.4, -0.2) is 6.61 Å². The van der Waals surface area contributed by atoms with E-state index in [2.05, 4.69) is 23.2 Å². The van der Waals surface area contributed by atoms with Crippen molar-refractivity contribution in [2.75, 3.05) is 0 Å². The molecule has 0 N–H and O–H groups in total. The van der Waals surface area contributed by atoms with E-state index >= 15 is 0 Å². The summed E-state index contributed by atoms with van der Waals surface area (Å²) >= 11 is 0. The minimum Gasteiger partial charge on any atom is -0.435 e. The van der Waals surface area contributed by atoms with Gasteiger partial charge in [-0.1, -0.05) is 30.6 Å². The Labute approximate surface area is 99.4 Å². The Balaban J connectivity index is 2.71. The Morgan fingerprint density at radius 3 is 2.53 bits per heavy atom. The molecule has 1 nitrogen and oxygen atoms in total. The van der Waals surface area contributed by atoms with Crippen molar-refractivity contribution in [2.45, 2.75) is 13.5 Å². The summed E-state index contributed by atoms with van der Waals surface area (Å²) in [6.45, 7) is 2.81. The molecule has 0 aromatic heterocycles. The van der Waals surface area contributed by atoms with Gasteiger partial charge in [0, 0.05) is 11.1 Å². The van der Waals surface area contributed by atoms with E-state index in [-0.39, 0.29) is 5.75 Å². The predicted molar refractivity (Wildman–Crippen MR) is 63.9 cm³/mol. The van der Waals surface area contributed by atoms with E-state index in [1.54, 1.807) is 18.2 Å². The molecule has 1 aromatic rings. The van der Waals surface area contributed by atoms with Crippen LogP contribution in [0.25, 0.3) is 0 Å². The molecule has 0 unspecified atom stereocenters. The van der Waals surface area contributed by atoms with Gasteiger partial charge in [0.2, 0.25) is 0 Å². The summed E-state index contributed by atoms with van der Waals surface area (Å²) in [5, 5.41) is 0. The molecule has 0 aliphatic carbocycles. The van der Waals surface area contributed by atoms with Crippen molar-refractivity contribution in [1.82, 2.24) is 0 Å². The van der Waals surface area contributed by atoms with Crippen LogP contribution >= 0.6 is 0 Å². The van der Waals surface area contributed by atoms with Crippen molar-refractivity contribution in [2.24, 2.45) is 0 Å². The van der Waals surface area contributed by atoms with E-state index < -0.39 is 6.61 Å². The van der Waals surface area contributed by atoms with Gasteiger partial charge in [-0.3, -0.25) is 0 Å². The third kappa shape index (κ3) is 4.98. The maximum atomic E-state index is 11.9. The van der Waals surface area contributed by atoms with Crippen LogP contribution in [0.1, 0.15) is 12.5 Å². The second-order valence-corrected chi connectivity index (χ2v) is 3.18. The molecule has 0 heterocycles. The van der Waals surface area contributed by atoms with E-state index in [9.17, 15) is 8.78 Å². The van der Waals surface area contributed by atoms with Crippen LogP contribution in [0.3, 0.4) is 0 Å². The van der Waals surface area contributed by atoms with Crippen molar-refractivity contribution in [1.29, 1.82) is 0 Å². The highest BCUT2D eigenvalue weighted by molar-refractivity contribution is 5.44. The second kappa shape index (κ2) is 6.49. The maximum absolute atomic E-state index is 11.9. The molecule has 1 rings (SSSR count). The van der Waals surface area contributed by atoms with Gasteiger partial charge in [0.05, 0.1) is 0 Å². The highest BCUT2D eigenvalue weighted by atomic mass is 19.3. The SMILES string of the molecule is C=C(C#Cc1ccc(OC(F)F)cc1)/C=C\C. The van der Waals surface area contributed by atoms with Gasteiger partial charge in [0.1, 0.15) is 5.75 Å². The largest absolute Gasteiger partial charge is 0.435 e. The molecule has 0 atom stereocenters. The fourth-order valence-corrected chi connectivity index (χ4v) is 1.12. The van der Waals surface area contributed by atoms with Crippen LogP contribution in [0.5, 0.6) is 5.75 Å². The van der Waals surface area contributed by atoms with Gasteiger partial charge in [0.25, 0.3) is 0 Å². The van der Waals surface area contributed by atoms with Crippen molar-refractivity contribution in [3.63, 3.8) is 0 Å². The van der Waals surface area contributed by atoms with Gasteiger partial charge in [0.15, 0.2) is 0 Å². The summed E-state index contributed by atoms with van der Waals surface area (Å²) in [5.74, 6) is 5.83. The van der Waals surface area contributed by atoms with Gasteiger partial charge >= 0.3 is 6.61 Å². The zero-order valence-electron chi connectivity index (χ0n) is 9.41. The van der Waals surface area contributed by atoms with Gasteiger partial charge in [-0.05, 0) is 31.2 Å². The normalized spacial score (nSPS) is 10.1. The number of ether oxygens (including phenoxy) is 1. The fraction of sp³-hybridized carbons (Fsp3) is 0.143. The molecular formula is C14H12F2O. The summed E-state index contributed by atoms with van der Waals surface area (Å²) in [6, 6.07) is 6.14. The van der Waals surface area contributed by atoms with E-state index in [1.807, 2.05) is 13.0 Å². The highest BCUT2D eigenvalue weighted by Gasteiger charge is 2.02. The summed E-state index contributed by atoms with van der Waals surface area (Å²) in [4.78, 5) is 0. The van der Waals surface area contributed by atoms with Gasteiger partial charge in [-0.25, -0.2) is 0 Å². The van der Waals surface area contributed by atoms with E-state index in [1.165, 1.54) is 12.1 Å². The van der Waals surface area contributed by atoms with Crippen LogP contribution < -0.4 is 4.74 Å². The summed E-state index contributed by atoms with van der Waals surface area (Å²) in [5.41, 5.74) is 1.41. The van der Waals surface area contributed by atoms with Crippen molar-refractivity contribution >= 4 is 0 Å². The summed E-state index contributed by atoms with van der Waals surface area (Å²) < 4.78 is 28.0. The summed E-state index contributed by atoms with van der Waals surface area (Å²) in [7, 11) is 0. The van der Waals surface area contributed by atoms with E-state index in [0.717, 1.165) is 5.56 Å². The number of benzene rings is 1. The number of hydrogen-bond donors (Lipinski definition) is 0. The Morgan fingerprint density at radius 2 is 2.00 bits per heavy atom. The average Bonchev–Trinajstić information content (AvgIpc) is 2.28. The second-order valence-electron chi connectivity index (χ2n) is 3.18. The van der Waals surface area contributed by atoms with Crippen molar-refractivity contribution in [3.8, 4) is 17.6 Å². The molecular weight excluding hydrogens is 222 g/mol.